The number of nitrogens with one attached hydrogen (secondary N) is 3. The third kappa shape index (κ3) is 10.6. The maximum Gasteiger partial charge on any atom is 0.430 e. The highest BCUT2D eigenvalue weighted by atomic mass is 19.4. The van der Waals surface area contributed by atoms with Gasteiger partial charge in [-0.1, -0.05) is 44.2 Å². The van der Waals surface area contributed by atoms with Crippen molar-refractivity contribution in [2.45, 2.75) is 33.1 Å². The number of carbonyl (C=O) groups is 1. The molecule has 7 nitrogen and oxygen atoms in total. The fourth-order valence-electron chi connectivity index (χ4n) is 2.81. The molecule has 2 rings (SSSR count). The highest BCUT2D eigenvalue weighted by Gasteiger charge is 2.32. The lowest BCUT2D eigenvalue weighted by Gasteiger charge is -2.11. The fourth-order valence-corrected chi connectivity index (χ4v) is 2.81. The Bertz CT molecular complexity index is 991. The van der Waals surface area contributed by atoms with Crippen LogP contribution in [0, 0.1) is 0 Å². The molecule has 0 radical (unpaired) electrons. The summed E-state index contributed by atoms with van der Waals surface area (Å²) < 4.78 is 44.3. The highest BCUT2D eigenvalue weighted by Crippen LogP contribution is 2.22. The maximum atomic E-state index is 13.0. The van der Waals surface area contributed by atoms with Crippen LogP contribution in [0.2, 0.25) is 0 Å². The van der Waals surface area contributed by atoms with Crippen molar-refractivity contribution in [2.75, 3.05) is 27.2 Å². The number of benzene rings is 2. The van der Waals surface area contributed by atoms with Crippen molar-refractivity contribution < 1.29 is 22.7 Å². The van der Waals surface area contributed by atoms with Crippen molar-refractivity contribution >= 4 is 17.3 Å². The Morgan fingerprint density at radius 2 is 1.80 bits per heavy atom. The van der Waals surface area contributed by atoms with E-state index in [-0.39, 0.29) is 6.54 Å². The van der Waals surface area contributed by atoms with Crippen LogP contribution in [-0.4, -0.2) is 45.0 Å². The molecule has 0 unspecified atom stereocenters. The number of carbonyl (C=O) groups excluding carboxylic acids is 1. The van der Waals surface area contributed by atoms with Crippen molar-refractivity contribution in [2.24, 2.45) is 10.7 Å². The van der Waals surface area contributed by atoms with E-state index in [1.165, 1.54) is 7.11 Å². The van der Waals surface area contributed by atoms with Gasteiger partial charge in [0, 0.05) is 31.7 Å². The fraction of sp³-hybridized carbons (Fsp3) is 0.360. The summed E-state index contributed by atoms with van der Waals surface area (Å²) in [4.78, 5) is 16.9. The molecule has 0 aliphatic carbocycles. The molecule has 0 heterocycles. The predicted molar refractivity (Wildman–Crippen MR) is 134 cm³/mol. The van der Waals surface area contributed by atoms with E-state index in [4.69, 9.17) is 10.5 Å². The molecule has 0 saturated carbocycles. The molecule has 192 valence electrons. The number of para-hydroxylation sites is 1. The molecule has 10 heteroatoms. The number of methoxy groups -OCH3 is 1. The molecule has 5 N–H and O–H groups in total. The summed E-state index contributed by atoms with van der Waals surface area (Å²) >= 11 is 0. The summed E-state index contributed by atoms with van der Waals surface area (Å²) in [6.45, 7) is 6.11. The lowest BCUT2D eigenvalue weighted by atomic mass is 10.2. The van der Waals surface area contributed by atoms with E-state index >= 15 is 0 Å². The summed E-state index contributed by atoms with van der Waals surface area (Å²) in [6, 6.07) is 13.8. The second kappa shape index (κ2) is 15.5. The van der Waals surface area contributed by atoms with Crippen LogP contribution in [0.5, 0.6) is 5.75 Å². The molecule has 2 aromatic rings. The number of rotatable bonds is 11. The highest BCUT2D eigenvalue weighted by molar-refractivity contribution is 6.44. The topological polar surface area (TPSA) is 101 Å². The normalized spacial score (nSPS) is 12.0. The van der Waals surface area contributed by atoms with Crippen LogP contribution < -0.4 is 26.4 Å². The summed E-state index contributed by atoms with van der Waals surface area (Å²) in [7, 11) is 3.33. The average molecular weight is 494 g/mol. The molecule has 1 amide bonds. The Labute approximate surface area is 204 Å². The first-order valence-corrected chi connectivity index (χ1v) is 11.2. The van der Waals surface area contributed by atoms with Gasteiger partial charge < -0.3 is 26.4 Å². The Hall–Kier alpha value is -3.37. The second-order valence-electron chi connectivity index (χ2n) is 7.04. The molecule has 0 aliphatic rings. The lowest BCUT2D eigenvalue weighted by Crippen LogP contribution is -2.31. The molecule has 0 fully saturated rings. The molecule has 35 heavy (non-hydrogen) atoms. The first-order valence-electron chi connectivity index (χ1n) is 11.2. The zero-order valence-electron chi connectivity index (χ0n) is 20.5. The van der Waals surface area contributed by atoms with Gasteiger partial charge in [-0.05, 0) is 36.9 Å². The number of likely N-dealkylation sites (N-methyl/N-ethyl adjacent to an activating group) is 1. The minimum Gasteiger partial charge on any atom is -0.496 e. The second-order valence-corrected chi connectivity index (χ2v) is 7.04. The summed E-state index contributed by atoms with van der Waals surface area (Å²) in [6.07, 6.45) is -4.25. The SMILES string of the molecule is CC.CNCCNCc1cccc(N=C(/C=C(\N)C(F)(F)F)C(=O)NCc2ccccc2OC)c1. The van der Waals surface area contributed by atoms with Crippen molar-refractivity contribution in [1.29, 1.82) is 0 Å². The Balaban J connectivity index is 0.00000298. The maximum absolute atomic E-state index is 13.0. The van der Waals surface area contributed by atoms with Gasteiger partial charge in [0.05, 0.1) is 12.8 Å². The van der Waals surface area contributed by atoms with Gasteiger partial charge in [-0.25, -0.2) is 4.99 Å². The van der Waals surface area contributed by atoms with Gasteiger partial charge in [0.1, 0.15) is 17.2 Å². The number of nitrogens with two attached hydrogens (primary N) is 1. The van der Waals surface area contributed by atoms with Gasteiger partial charge in [0.2, 0.25) is 0 Å². The predicted octanol–water partition coefficient (Wildman–Crippen LogP) is 3.82. The average Bonchev–Trinajstić information content (AvgIpc) is 2.85. The Kier molecular flexibility index (Phi) is 13.1. The van der Waals surface area contributed by atoms with Crippen LogP contribution in [0.15, 0.2) is 65.3 Å². The zero-order valence-corrected chi connectivity index (χ0v) is 20.5. The van der Waals surface area contributed by atoms with Crippen LogP contribution >= 0.6 is 0 Å². The van der Waals surface area contributed by atoms with Crippen molar-refractivity contribution in [3.63, 3.8) is 0 Å². The summed E-state index contributed by atoms with van der Waals surface area (Å²) in [5.74, 6) is -0.259. The molecule has 0 spiro atoms. The first kappa shape index (κ1) is 29.7. The lowest BCUT2D eigenvalue weighted by molar-refractivity contribution is -0.114. The van der Waals surface area contributed by atoms with Crippen molar-refractivity contribution in [3.8, 4) is 5.75 Å². The van der Waals surface area contributed by atoms with Crippen LogP contribution in [0.4, 0.5) is 18.9 Å². The number of ether oxygens (including phenoxy) is 1. The minimum absolute atomic E-state index is 0.0387. The molecular formula is C25H34F3N5O2. The monoisotopic (exact) mass is 493 g/mol. The van der Waals surface area contributed by atoms with Gasteiger partial charge >= 0.3 is 6.18 Å². The van der Waals surface area contributed by atoms with E-state index in [1.54, 1.807) is 42.5 Å². The number of hydrogen-bond acceptors (Lipinski definition) is 6. The van der Waals surface area contributed by atoms with Gasteiger partial charge in [-0.3, -0.25) is 4.79 Å². The van der Waals surface area contributed by atoms with E-state index in [9.17, 15) is 18.0 Å². The standard InChI is InChI=1S/C23H28F3N5O2.C2H6/c1-28-10-11-29-14-16-6-5-8-18(12-16)31-19(13-21(27)23(24,25)26)22(32)30-15-17-7-3-4-9-20(17)33-2;1-2/h3-9,12-13,28-29H,10-11,14-15,27H2,1-2H3,(H,30,32);1-2H3/b21-13-,31-19?;. The van der Waals surface area contributed by atoms with Crippen molar-refractivity contribution in [1.82, 2.24) is 16.0 Å². The molecule has 0 saturated heterocycles. The van der Waals surface area contributed by atoms with E-state index in [2.05, 4.69) is 20.9 Å². The molecule has 0 atom stereocenters. The molecule has 2 aromatic carbocycles. The van der Waals surface area contributed by atoms with Crippen LogP contribution in [0.1, 0.15) is 25.0 Å². The first-order chi connectivity index (χ1) is 16.7. The number of alkyl halides is 3. The van der Waals surface area contributed by atoms with Crippen LogP contribution in [0.3, 0.4) is 0 Å². The summed E-state index contributed by atoms with van der Waals surface area (Å²) in [5, 5.41) is 8.82. The molecule has 0 aliphatic heterocycles. The van der Waals surface area contributed by atoms with E-state index in [0.29, 0.717) is 29.6 Å². The number of amides is 1. The van der Waals surface area contributed by atoms with Crippen LogP contribution in [0.25, 0.3) is 0 Å². The van der Waals surface area contributed by atoms with Gasteiger partial charge in [0.15, 0.2) is 0 Å². The Morgan fingerprint density at radius 3 is 2.46 bits per heavy atom. The number of nitrogens with zero attached hydrogens (tertiary/aromatic N) is 1. The molecule has 0 aromatic heterocycles. The third-order valence-corrected chi connectivity index (χ3v) is 4.53. The number of halogens is 3. The van der Waals surface area contributed by atoms with Gasteiger partial charge in [0.25, 0.3) is 5.91 Å². The summed E-state index contributed by atoms with van der Waals surface area (Å²) in [5.41, 5.74) is 5.14. The number of hydrogen-bond donors (Lipinski definition) is 4. The van der Waals surface area contributed by atoms with Crippen LogP contribution in [-0.2, 0) is 17.9 Å². The Morgan fingerprint density at radius 1 is 1.09 bits per heavy atom. The largest absolute Gasteiger partial charge is 0.496 e. The van der Waals surface area contributed by atoms with Gasteiger partial charge in [-0.15, -0.1) is 0 Å². The van der Waals surface area contributed by atoms with E-state index in [1.807, 2.05) is 27.0 Å². The smallest absolute Gasteiger partial charge is 0.430 e. The molecule has 0 bridgehead atoms. The third-order valence-electron chi connectivity index (χ3n) is 4.53. The quantitative estimate of drug-likeness (QED) is 0.282. The van der Waals surface area contributed by atoms with E-state index in [0.717, 1.165) is 18.7 Å². The minimum atomic E-state index is -4.79. The molecular weight excluding hydrogens is 459 g/mol. The van der Waals surface area contributed by atoms with Gasteiger partial charge in [-0.2, -0.15) is 13.2 Å². The number of allylic oxidation sites excluding steroid dienone is 1. The number of aliphatic imine (C=N–C) groups is 1. The van der Waals surface area contributed by atoms with Crippen molar-refractivity contribution in [3.05, 3.63) is 71.4 Å². The van der Waals surface area contributed by atoms with E-state index < -0.39 is 23.5 Å². The zero-order chi connectivity index (χ0) is 26.3.